The molecule has 25 atom stereocenters. The molecule has 5 aliphatic heterocycles. The highest BCUT2D eigenvalue weighted by atomic mass is 32.3. The first kappa shape index (κ1) is 52.4. The molecular weight excluding hydrogens is 894 g/mol. The molecule has 5 saturated heterocycles. The van der Waals surface area contributed by atoms with Crippen LogP contribution in [0, 0.1) is 0 Å². The van der Waals surface area contributed by atoms with Crippen LogP contribution in [0.3, 0.4) is 0 Å². The van der Waals surface area contributed by atoms with Crippen molar-refractivity contribution in [3.05, 3.63) is 0 Å². The van der Waals surface area contributed by atoms with Gasteiger partial charge in [-0.05, 0) is 0 Å². The number of aliphatic hydroxyl groups excluding tert-OH is 15. The Labute approximate surface area is 356 Å². The molecule has 5 aliphatic rings. The third-order valence-corrected chi connectivity index (χ3v) is 11.4. The molecule has 0 spiro atoms. The predicted molar refractivity (Wildman–Crippen MR) is 189 cm³/mol. The highest BCUT2D eigenvalue weighted by molar-refractivity contribution is 7.80. The van der Waals surface area contributed by atoms with Crippen LogP contribution in [0.1, 0.15) is 6.92 Å². The third kappa shape index (κ3) is 11.6. The van der Waals surface area contributed by atoms with Crippen LogP contribution >= 0.6 is 0 Å². The second kappa shape index (κ2) is 22.0. The lowest BCUT2D eigenvalue weighted by atomic mass is 9.94. The Morgan fingerprint density at radius 3 is 1.22 bits per heavy atom. The first-order chi connectivity index (χ1) is 29.6. The second-order valence-corrected chi connectivity index (χ2v) is 16.2. The van der Waals surface area contributed by atoms with Crippen molar-refractivity contribution in [1.29, 1.82) is 0 Å². The van der Waals surface area contributed by atoms with Crippen LogP contribution < -0.4 is 5.32 Å². The summed E-state index contributed by atoms with van der Waals surface area (Å²) in [6.07, 6.45) is -47.1. The molecule has 0 aromatic carbocycles. The van der Waals surface area contributed by atoms with E-state index in [0.29, 0.717) is 0 Å². The fourth-order valence-electron chi connectivity index (χ4n) is 7.67. The van der Waals surface area contributed by atoms with Crippen molar-refractivity contribution in [2.75, 3.05) is 33.0 Å². The summed E-state index contributed by atoms with van der Waals surface area (Å²) < 4.78 is 86.3. The van der Waals surface area contributed by atoms with E-state index in [1.165, 1.54) is 0 Å². The zero-order valence-corrected chi connectivity index (χ0v) is 33.7. The van der Waals surface area contributed by atoms with Gasteiger partial charge in [-0.1, -0.05) is 0 Å². The first-order valence-corrected chi connectivity index (χ1v) is 20.6. The van der Waals surface area contributed by atoms with Gasteiger partial charge in [-0.15, -0.1) is 0 Å². The molecule has 0 radical (unpaired) electrons. The summed E-state index contributed by atoms with van der Waals surface area (Å²) in [5.74, 6) is -0.860. The Morgan fingerprint density at radius 1 is 0.460 bits per heavy atom. The minimum Gasteiger partial charge on any atom is -0.394 e. The van der Waals surface area contributed by atoms with Gasteiger partial charge in [0.15, 0.2) is 31.5 Å². The second-order valence-electron chi connectivity index (χ2n) is 15.2. The van der Waals surface area contributed by atoms with E-state index in [9.17, 15) is 94.4 Å². The summed E-state index contributed by atoms with van der Waals surface area (Å²) in [5.41, 5.74) is 0. The van der Waals surface area contributed by atoms with Crippen LogP contribution in [0.15, 0.2) is 0 Å². The number of hydrogen-bond acceptors (Lipinski definition) is 28. The van der Waals surface area contributed by atoms with Crippen LogP contribution in [-0.4, -0.2) is 282 Å². The maximum atomic E-state index is 12.4. The minimum absolute atomic E-state index is 0.860. The molecule has 0 aliphatic carbocycles. The highest BCUT2D eigenvalue weighted by Crippen LogP contribution is 2.36. The Bertz CT molecular complexity index is 1570. The number of aliphatic hydroxyl groups is 15. The van der Waals surface area contributed by atoms with Crippen molar-refractivity contribution in [3.63, 3.8) is 0 Å². The maximum Gasteiger partial charge on any atom is 0.397 e. The lowest BCUT2D eigenvalue weighted by Crippen LogP contribution is -2.70. The molecule has 1 amide bonds. The molecule has 5 rings (SSSR count). The van der Waals surface area contributed by atoms with Gasteiger partial charge < -0.3 is 125 Å². The lowest BCUT2D eigenvalue weighted by molar-refractivity contribution is -0.386. The number of hydrogen-bond donors (Lipinski definition) is 17. The standard InChI is InChI=1S/C32H55NO29S/c1-7(39)33-13-17(43)23(58-30-21(47)26(15(41)9(3-35)54-30)61-32-22(48)27(62-63(50,51)52)16(42)10(4-36)56-32)12(6-38)57-29(13)60-25-14(40)8(2-34)55-31(20(25)46)59-24-11(5-37)53-28(49)19(45)18(24)44/h8-32,34-38,40-49H,2-6H2,1H3,(H,33,39)(H,50,51,52)/t8-,9-,10-,11-,12-,13-,14+,15+,16-,17-,18-,19-,20-,21-,22-,23-,24-,25+,26+,27+,28?,29+,30+,31+,32-/m1/s1. The quantitative estimate of drug-likeness (QED) is 0.0639. The zero-order valence-electron chi connectivity index (χ0n) is 32.8. The van der Waals surface area contributed by atoms with Crippen molar-refractivity contribution < 1.29 is 141 Å². The molecule has 5 heterocycles. The minimum atomic E-state index is -5.36. The normalized spacial score (nSPS) is 48.7. The topological polar surface area (TPSA) is 479 Å². The molecule has 63 heavy (non-hydrogen) atoms. The molecule has 1 unspecified atom stereocenters. The number of rotatable bonds is 16. The van der Waals surface area contributed by atoms with Crippen LogP contribution in [0.5, 0.6) is 0 Å². The van der Waals surface area contributed by atoms with Gasteiger partial charge in [0.25, 0.3) is 0 Å². The van der Waals surface area contributed by atoms with Gasteiger partial charge in [-0.2, -0.15) is 8.42 Å². The Morgan fingerprint density at radius 2 is 0.810 bits per heavy atom. The molecular formula is C32H55NO29S. The van der Waals surface area contributed by atoms with E-state index in [-0.39, 0.29) is 0 Å². The predicted octanol–water partition coefficient (Wildman–Crippen LogP) is -12.0. The summed E-state index contributed by atoms with van der Waals surface area (Å²) in [6.45, 7) is -4.01. The Hall–Kier alpha value is -1.62. The molecule has 0 aromatic rings. The average molecular weight is 950 g/mol. The van der Waals surface area contributed by atoms with Crippen LogP contribution in [0.25, 0.3) is 0 Å². The number of carbonyl (C=O) groups is 1. The Kier molecular flexibility index (Phi) is 18.3. The van der Waals surface area contributed by atoms with Crippen molar-refractivity contribution in [2.45, 2.75) is 160 Å². The summed E-state index contributed by atoms with van der Waals surface area (Å²) in [5, 5.41) is 160. The van der Waals surface area contributed by atoms with Crippen molar-refractivity contribution in [3.8, 4) is 0 Å². The summed E-state index contributed by atoms with van der Waals surface area (Å²) in [6, 6.07) is -1.78. The largest absolute Gasteiger partial charge is 0.397 e. The van der Waals surface area contributed by atoms with Gasteiger partial charge in [0.05, 0.1) is 33.0 Å². The SMILES string of the molecule is CC(=O)N[C@H]1[C@H](O[C@H]2[C@@H](O)[C@@H](CO)O[C@@H](O[C@H]3[C@H](O)[C@@H](O)C(O)O[C@@H]3CO)[C@@H]2O)O[C@H](CO)[C@@H](O[C@@H]2O[C@H](CO)[C@H](O)[C@H](O[C@H]3O[C@H](CO)[C@@H](O)[C@H](OS(=O)(=O)O)[C@H]3O)[C@H]2O)[C@@H]1O. The highest BCUT2D eigenvalue weighted by Gasteiger charge is 2.57. The first-order valence-electron chi connectivity index (χ1n) is 19.3. The van der Waals surface area contributed by atoms with Crippen molar-refractivity contribution in [2.24, 2.45) is 0 Å². The van der Waals surface area contributed by atoms with E-state index < -0.39 is 203 Å². The van der Waals surface area contributed by atoms with Crippen LogP contribution in [-0.2, 0) is 62.0 Å². The number of nitrogens with one attached hydrogen (secondary N) is 1. The molecule has 30 nitrogen and oxygen atoms in total. The average Bonchev–Trinajstić information content (AvgIpc) is 3.23. The Balaban J connectivity index is 1.36. The third-order valence-electron chi connectivity index (χ3n) is 10.9. The number of ether oxygens (including phenoxy) is 9. The van der Waals surface area contributed by atoms with Crippen molar-refractivity contribution >= 4 is 16.3 Å². The monoisotopic (exact) mass is 949 g/mol. The van der Waals surface area contributed by atoms with E-state index in [4.69, 9.17) is 42.6 Å². The molecule has 5 fully saturated rings. The fraction of sp³-hybridized carbons (Fsp3) is 0.969. The van der Waals surface area contributed by atoms with Gasteiger partial charge in [0.2, 0.25) is 5.91 Å². The van der Waals surface area contributed by atoms with Gasteiger partial charge in [-0.3, -0.25) is 9.35 Å². The van der Waals surface area contributed by atoms with E-state index in [2.05, 4.69) is 9.50 Å². The molecule has 0 bridgehead atoms. The smallest absolute Gasteiger partial charge is 0.394 e. The lowest BCUT2D eigenvalue weighted by Gasteiger charge is -2.50. The van der Waals surface area contributed by atoms with Gasteiger partial charge in [0, 0.05) is 6.92 Å². The van der Waals surface area contributed by atoms with Crippen LogP contribution in [0.4, 0.5) is 0 Å². The van der Waals surface area contributed by atoms with E-state index >= 15 is 0 Å². The van der Waals surface area contributed by atoms with Gasteiger partial charge in [-0.25, -0.2) is 4.18 Å². The molecule has 31 heteroatoms. The summed E-state index contributed by atoms with van der Waals surface area (Å²) in [4.78, 5) is 12.4. The van der Waals surface area contributed by atoms with E-state index in [1.54, 1.807) is 0 Å². The van der Waals surface area contributed by atoms with E-state index in [0.717, 1.165) is 6.92 Å². The molecule has 0 aromatic heterocycles. The summed E-state index contributed by atoms with van der Waals surface area (Å²) in [7, 11) is -5.36. The van der Waals surface area contributed by atoms with Crippen molar-refractivity contribution in [1.82, 2.24) is 5.32 Å². The van der Waals surface area contributed by atoms with Crippen LogP contribution in [0.2, 0.25) is 0 Å². The fourth-order valence-corrected chi connectivity index (χ4v) is 8.17. The molecule has 0 saturated carbocycles. The molecule has 368 valence electrons. The van der Waals surface area contributed by atoms with Gasteiger partial charge in [0.1, 0.15) is 122 Å². The summed E-state index contributed by atoms with van der Waals surface area (Å²) >= 11 is 0. The number of carbonyl (C=O) groups excluding carboxylic acids is 1. The maximum absolute atomic E-state index is 12.4. The van der Waals surface area contributed by atoms with Gasteiger partial charge >= 0.3 is 10.4 Å². The molecule has 17 N–H and O–H groups in total. The number of amides is 1. The van der Waals surface area contributed by atoms with E-state index in [1.807, 2.05) is 0 Å². The zero-order chi connectivity index (χ0) is 46.8.